The van der Waals surface area contributed by atoms with Gasteiger partial charge in [-0.05, 0) is 43.9 Å². The summed E-state index contributed by atoms with van der Waals surface area (Å²) >= 11 is 0. The second kappa shape index (κ2) is 11.9. The third-order valence-corrected chi connectivity index (χ3v) is 7.59. The van der Waals surface area contributed by atoms with Crippen molar-refractivity contribution in [1.29, 1.82) is 0 Å². The van der Waals surface area contributed by atoms with Crippen molar-refractivity contribution in [2.24, 2.45) is 0 Å². The van der Waals surface area contributed by atoms with Crippen molar-refractivity contribution in [3.8, 4) is 5.75 Å². The minimum atomic E-state index is -1.23. The Kier molecular flexibility index (Phi) is 8.56. The van der Waals surface area contributed by atoms with E-state index >= 15 is 0 Å². The summed E-state index contributed by atoms with van der Waals surface area (Å²) in [6.07, 6.45) is 0.662. The Morgan fingerprint density at radius 1 is 1.10 bits per heavy atom. The molecule has 2 N–H and O–H groups in total. The van der Waals surface area contributed by atoms with Crippen LogP contribution in [0.3, 0.4) is 0 Å². The maximum absolute atomic E-state index is 14.3. The van der Waals surface area contributed by atoms with Crippen molar-refractivity contribution >= 4 is 29.7 Å². The van der Waals surface area contributed by atoms with Crippen LogP contribution in [0, 0.1) is 5.82 Å². The van der Waals surface area contributed by atoms with Crippen LogP contribution in [0.25, 0.3) is 0 Å². The fourth-order valence-corrected chi connectivity index (χ4v) is 5.44. The minimum absolute atomic E-state index is 0.0252. The number of likely N-dealkylation sites (tertiary alicyclic amines) is 1. The predicted octanol–water partition coefficient (Wildman–Crippen LogP) is 0.757. The Balaban J connectivity index is 1.67. The highest BCUT2D eigenvalue weighted by molar-refractivity contribution is 5.99. The first-order valence-corrected chi connectivity index (χ1v) is 13.1. The Morgan fingerprint density at radius 3 is 2.51 bits per heavy atom. The number of nitrogens with zero attached hydrogens (tertiary/aromatic N) is 4. The molecule has 0 bridgehead atoms. The molecule has 3 atom stereocenters. The number of fused-ring (bicyclic) bond motifs is 2. The van der Waals surface area contributed by atoms with Gasteiger partial charge < -0.3 is 34.8 Å². The van der Waals surface area contributed by atoms with E-state index in [1.54, 1.807) is 4.90 Å². The summed E-state index contributed by atoms with van der Waals surface area (Å²) in [6, 6.07) is 1.44. The zero-order valence-corrected chi connectivity index (χ0v) is 22.1. The van der Waals surface area contributed by atoms with Crippen molar-refractivity contribution in [1.82, 2.24) is 24.9 Å². The zero-order valence-electron chi connectivity index (χ0n) is 22.1. The predicted molar refractivity (Wildman–Crippen MR) is 136 cm³/mol. The van der Waals surface area contributed by atoms with Crippen LogP contribution in [0.4, 0.5) is 9.18 Å². The van der Waals surface area contributed by atoms with Gasteiger partial charge in [0, 0.05) is 40.2 Å². The molecule has 5 amide bonds. The zero-order chi connectivity index (χ0) is 28.3. The van der Waals surface area contributed by atoms with Gasteiger partial charge in [-0.3, -0.25) is 19.2 Å². The fraction of sp³-hybridized carbons (Fsp3) is 0.577. The number of benzene rings is 1. The molecule has 0 radical (unpaired) electrons. The SMILES string of the molecule is CN1CC(=O)N2C[C@@H](NC(=O)O)C[C@H]2COc2ccc(F)cc2C(=O)N(C)[C@@H](C(=O)N2CCCC2)CCC1=O. The van der Waals surface area contributed by atoms with Crippen molar-refractivity contribution in [2.75, 3.05) is 46.9 Å². The van der Waals surface area contributed by atoms with Crippen molar-refractivity contribution in [2.45, 2.75) is 50.2 Å². The minimum Gasteiger partial charge on any atom is -0.491 e. The first-order valence-electron chi connectivity index (χ1n) is 13.1. The fourth-order valence-electron chi connectivity index (χ4n) is 5.44. The third-order valence-electron chi connectivity index (χ3n) is 7.59. The summed E-state index contributed by atoms with van der Waals surface area (Å²) in [7, 11) is 2.93. The van der Waals surface area contributed by atoms with Gasteiger partial charge in [0.25, 0.3) is 5.91 Å². The largest absolute Gasteiger partial charge is 0.491 e. The lowest BCUT2D eigenvalue weighted by atomic mass is 10.1. The maximum atomic E-state index is 14.3. The molecule has 2 fully saturated rings. The van der Waals surface area contributed by atoms with Gasteiger partial charge in [-0.15, -0.1) is 0 Å². The molecule has 0 aliphatic carbocycles. The van der Waals surface area contributed by atoms with Crippen LogP contribution in [0.5, 0.6) is 5.75 Å². The lowest BCUT2D eigenvalue weighted by molar-refractivity contribution is -0.141. The van der Waals surface area contributed by atoms with E-state index in [2.05, 4.69) is 5.32 Å². The molecule has 3 aliphatic rings. The number of hydrogen-bond acceptors (Lipinski definition) is 6. The number of carbonyl (C=O) groups is 5. The summed E-state index contributed by atoms with van der Waals surface area (Å²) < 4.78 is 20.2. The van der Waals surface area contributed by atoms with Gasteiger partial charge in [0.1, 0.15) is 24.2 Å². The van der Waals surface area contributed by atoms with Crippen LogP contribution in [0.1, 0.15) is 42.5 Å². The normalized spacial score (nSPS) is 25.0. The van der Waals surface area contributed by atoms with Gasteiger partial charge in [0.2, 0.25) is 17.7 Å². The van der Waals surface area contributed by atoms with Crippen LogP contribution in [0.2, 0.25) is 0 Å². The lowest BCUT2D eigenvalue weighted by Gasteiger charge is -2.31. The molecule has 2 saturated heterocycles. The highest BCUT2D eigenvalue weighted by Crippen LogP contribution is 2.27. The molecule has 212 valence electrons. The third kappa shape index (κ3) is 6.40. The number of amides is 5. The highest BCUT2D eigenvalue weighted by Gasteiger charge is 2.38. The van der Waals surface area contributed by atoms with E-state index < -0.39 is 35.9 Å². The Labute approximate surface area is 225 Å². The van der Waals surface area contributed by atoms with Crippen LogP contribution < -0.4 is 10.1 Å². The number of ether oxygens (including phenoxy) is 1. The van der Waals surface area contributed by atoms with Crippen molar-refractivity contribution in [3.63, 3.8) is 0 Å². The summed E-state index contributed by atoms with van der Waals surface area (Å²) in [4.78, 5) is 70.0. The Hall–Kier alpha value is -3.90. The smallest absolute Gasteiger partial charge is 0.404 e. The van der Waals surface area contributed by atoms with E-state index in [4.69, 9.17) is 9.84 Å². The number of likely N-dealkylation sites (N-methyl/N-ethyl adjacent to an activating group) is 2. The van der Waals surface area contributed by atoms with Crippen LogP contribution in [-0.4, -0.2) is 119 Å². The molecule has 3 heterocycles. The number of nitrogens with one attached hydrogen (secondary N) is 1. The second-order valence-electron chi connectivity index (χ2n) is 10.3. The summed E-state index contributed by atoms with van der Waals surface area (Å²) in [6.45, 7) is 0.876. The molecule has 4 rings (SSSR count). The van der Waals surface area contributed by atoms with E-state index in [0.29, 0.717) is 13.1 Å². The quantitative estimate of drug-likeness (QED) is 0.557. The Morgan fingerprint density at radius 2 is 1.82 bits per heavy atom. The number of halogens is 1. The molecule has 13 heteroatoms. The average Bonchev–Trinajstić information content (AvgIpc) is 3.56. The molecule has 39 heavy (non-hydrogen) atoms. The maximum Gasteiger partial charge on any atom is 0.404 e. The molecular weight excluding hydrogens is 513 g/mol. The summed E-state index contributed by atoms with van der Waals surface area (Å²) in [5.41, 5.74) is -0.0916. The van der Waals surface area contributed by atoms with Gasteiger partial charge >= 0.3 is 6.09 Å². The molecule has 0 aromatic heterocycles. The van der Waals surface area contributed by atoms with Crippen LogP contribution in [0.15, 0.2) is 18.2 Å². The summed E-state index contributed by atoms with van der Waals surface area (Å²) in [5.74, 6) is -2.28. The van der Waals surface area contributed by atoms with E-state index in [9.17, 15) is 28.4 Å². The topological polar surface area (TPSA) is 140 Å². The van der Waals surface area contributed by atoms with E-state index in [-0.39, 0.29) is 68.0 Å². The summed E-state index contributed by atoms with van der Waals surface area (Å²) in [5, 5.41) is 11.5. The first-order chi connectivity index (χ1) is 18.5. The standard InChI is InChI=1S/C26H34FN5O7/c1-29-14-23(34)32-13-17(28-26(37)38)12-18(32)15-39-21-7-5-16(27)11-19(21)24(35)30(2)20(6-8-22(29)33)25(36)31-9-3-4-10-31/h5,7,11,17-18,20,28H,3-4,6,8-10,12-15H2,1-2H3,(H,37,38)/t17-,18-,20+/m0/s1. The monoisotopic (exact) mass is 547 g/mol. The second-order valence-corrected chi connectivity index (χ2v) is 10.3. The van der Waals surface area contributed by atoms with E-state index in [0.717, 1.165) is 25.0 Å². The molecule has 0 unspecified atom stereocenters. The molecule has 12 nitrogen and oxygen atoms in total. The molecule has 0 saturated carbocycles. The molecule has 1 aromatic carbocycles. The number of hydrogen-bond donors (Lipinski definition) is 2. The van der Waals surface area contributed by atoms with Crippen molar-refractivity contribution in [3.05, 3.63) is 29.6 Å². The van der Waals surface area contributed by atoms with Gasteiger partial charge in [0.05, 0.1) is 24.2 Å². The highest BCUT2D eigenvalue weighted by atomic mass is 19.1. The number of carboxylic acid groups (broad SMARTS) is 1. The van der Waals surface area contributed by atoms with Crippen molar-refractivity contribution < 1.29 is 38.2 Å². The van der Waals surface area contributed by atoms with E-state index in [1.165, 1.54) is 34.9 Å². The lowest BCUT2D eigenvalue weighted by Crippen LogP contribution is -2.49. The van der Waals surface area contributed by atoms with Crippen LogP contribution >= 0.6 is 0 Å². The molecule has 1 aromatic rings. The van der Waals surface area contributed by atoms with Gasteiger partial charge in [-0.25, -0.2) is 9.18 Å². The van der Waals surface area contributed by atoms with Gasteiger partial charge in [-0.2, -0.15) is 0 Å². The molecule has 0 spiro atoms. The first kappa shape index (κ1) is 28.1. The van der Waals surface area contributed by atoms with Crippen LogP contribution in [-0.2, 0) is 14.4 Å². The molecule has 3 aliphatic heterocycles. The van der Waals surface area contributed by atoms with Gasteiger partial charge in [0.15, 0.2) is 0 Å². The Bertz CT molecular complexity index is 1140. The number of carbonyl (C=O) groups excluding carboxylic acids is 4. The van der Waals surface area contributed by atoms with Gasteiger partial charge in [-0.1, -0.05) is 0 Å². The number of rotatable bonds is 2. The molecular formula is C26H34FN5O7. The average molecular weight is 548 g/mol. The van der Waals surface area contributed by atoms with E-state index in [1.807, 2.05) is 0 Å².